The van der Waals surface area contributed by atoms with Gasteiger partial charge in [0.2, 0.25) is 0 Å². The first-order valence-corrected chi connectivity index (χ1v) is 9.06. The lowest BCUT2D eigenvalue weighted by molar-refractivity contribution is -0.385. The lowest BCUT2D eigenvalue weighted by Crippen LogP contribution is -2.44. The number of hydrogen-bond donors (Lipinski definition) is 1. The van der Waals surface area contributed by atoms with Crippen molar-refractivity contribution >= 4 is 57.6 Å². The zero-order chi connectivity index (χ0) is 21.1. The van der Waals surface area contributed by atoms with Gasteiger partial charge in [0.25, 0.3) is 23.2 Å². The van der Waals surface area contributed by atoms with Crippen LogP contribution in [0, 0.1) is 20.2 Å². The van der Waals surface area contributed by atoms with Gasteiger partial charge in [0.05, 0.1) is 14.8 Å². The first-order chi connectivity index (χ1) is 13.8. The number of nitrogens with one attached hydrogen (secondary N) is 1. The molecule has 1 aliphatic heterocycles. The molecule has 0 aromatic heterocycles. The molecule has 0 atom stereocenters. The smallest absolute Gasteiger partial charge is 0.267 e. The van der Waals surface area contributed by atoms with E-state index in [-0.39, 0.29) is 26.2 Å². The average molecular weight is 430 g/mol. The van der Waals surface area contributed by atoms with Crippen molar-refractivity contribution in [3.05, 3.63) is 84.8 Å². The van der Waals surface area contributed by atoms with Crippen LogP contribution in [0.2, 0.25) is 0 Å². The number of nitro benzene ring substituents is 2. The van der Waals surface area contributed by atoms with E-state index < -0.39 is 21.7 Å². The summed E-state index contributed by atoms with van der Waals surface area (Å²) in [5, 5.41) is 22.4. The van der Waals surface area contributed by atoms with Crippen LogP contribution in [0.3, 0.4) is 0 Å². The molecule has 12 heteroatoms. The third-order valence-electron chi connectivity index (χ3n) is 3.73. The summed E-state index contributed by atoms with van der Waals surface area (Å²) in [4.78, 5) is 45.5. The SMILES string of the molecule is O=C(NN1C(=O)/C(=C\c2cccc([N+](=O)[O-])c2)SC1=S)c1ccc([N+](=O)[O-])cc1. The number of nitro groups is 2. The summed E-state index contributed by atoms with van der Waals surface area (Å²) in [5.74, 6) is -1.27. The number of hydrogen-bond acceptors (Lipinski definition) is 8. The normalized spacial score (nSPS) is 14.9. The highest BCUT2D eigenvalue weighted by molar-refractivity contribution is 8.26. The molecule has 10 nitrogen and oxygen atoms in total. The van der Waals surface area contributed by atoms with E-state index in [1.807, 2.05) is 0 Å². The molecule has 2 aromatic rings. The topological polar surface area (TPSA) is 136 Å². The Morgan fingerprint density at radius 3 is 2.34 bits per heavy atom. The van der Waals surface area contributed by atoms with Gasteiger partial charge >= 0.3 is 0 Å². The van der Waals surface area contributed by atoms with Crippen LogP contribution in [0.15, 0.2) is 53.4 Å². The minimum atomic E-state index is -0.673. The summed E-state index contributed by atoms with van der Waals surface area (Å²) in [6.45, 7) is 0. The number of hydrazine groups is 1. The van der Waals surface area contributed by atoms with Crippen molar-refractivity contribution < 1.29 is 19.4 Å². The monoisotopic (exact) mass is 430 g/mol. The highest BCUT2D eigenvalue weighted by atomic mass is 32.2. The van der Waals surface area contributed by atoms with Crippen molar-refractivity contribution in [2.75, 3.05) is 0 Å². The Bertz CT molecular complexity index is 1080. The maximum absolute atomic E-state index is 12.6. The molecule has 0 spiro atoms. The van der Waals surface area contributed by atoms with Gasteiger partial charge in [0, 0.05) is 29.8 Å². The highest BCUT2D eigenvalue weighted by Gasteiger charge is 2.34. The van der Waals surface area contributed by atoms with Gasteiger partial charge in [-0.2, -0.15) is 5.01 Å². The van der Waals surface area contributed by atoms with Crippen molar-refractivity contribution in [1.82, 2.24) is 10.4 Å². The molecule has 1 fully saturated rings. The third-order valence-corrected chi connectivity index (χ3v) is 5.03. The molecular weight excluding hydrogens is 420 g/mol. The number of thiocarbonyl (C=S) groups is 1. The summed E-state index contributed by atoms with van der Waals surface area (Å²) >= 11 is 6.05. The van der Waals surface area contributed by atoms with Crippen LogP contribution in [0.4, 0.5) is 11.4 Å². The number of rotatable bonds is 5. The Labute approximate surface area is 172 Å². The molecule has 2 amide bonds. The summed E-state index contributed by atoms with van der Waals surface area (Å²) in [6.07, 6.45) is 1.43. The largest absolute Gasteiger partial charge is 0.285 e. The Hall–Kier alpha value is -3.64. The number of benzene rings is 2. The van der Waals surface area contributed by atoms with E-state index >= 15 is 0 Å². The van der Waals surface area contributed by atoms with Gasteiger partial charge < -0.3 is 0 Å². The van der Waals surface area contributed by atoms with Crippen LogP contribution in [0.25, 0.3) is 6.08 Å². The molecule has 1 heterocycles. The molecule has 0 unspecified atom stereocenters. The Balaban J connectivity index is 1.76. The standard InChI is InChI=1S/C17H10N4O6S2/c22-15(11-4-6-12(7-5-11)20(24)25)18-19-16(23)14(29-17(19)28)9-10-2-1-3-13(8-10)21(26)27/h1-9H,(H,18,22)/b14-9+. The zero-order valence-electron chi connectivity index (χ0n) is 14.3. The maximum Gasteiger partial charge on any atom is 0.285 e. The number of nitrogens with zero attached hydrogens (tertiary/aromatic N) is 3. The van der Waals surface area contributed by atoms with E-state index in [0.29, 0.717) is 5.56 Å². The van der Waals surface area contributed by atoms with Crippen molar-refractivity contribution in [1.29, 1.82) is 0 Å². The van der Waals surface area contributed by atoms with Crippen molar-refractivity contribution in [3.63, 3.8) is 0 Å². The molecule has 29 heavy (non-hydrogen) atoms. The van der Waals surface area contributed by atoms with E-state index in [0.717, 1.165) is 16.8 Å². The van der Waals surface area contributed by atoms with Crippen LogP contribution in [-0.2, 0) is 4.79 Å². The summed E-state index contributed by atoms with van der Waals surface area (Å²) in [6, 6.07) is 10.6. The van der Waals surface area contributed by atoms with Gasteiger partial charge in [-0.05, 0) is 36.0 Å². The second kappa shape index (κ2) is 8.16. The number of thioether (sulfide) groups is 1. The van der Waals surface area contributed by atoms with Gasteiger partial charge in [-0.25, -0.2) is 0 Å². The van der Waals surface area contributed by atoms with Crippen LogP contribution in [-0.4, -0.2) is 31.0 Å². The summed E-state index contributed by atoms with van der Waals surface area (Å²) < 4.78 is 0.0712. The number of amides is 2. The van der Waals surface area contributed by atoms with Crippen LogP contribution in [0.1, 0.15) is 15.9 Å². The second-order valence-corrected chi connectivity index (χ2v) is 7.29. The van der Waals surface area contributed by atoms with Gasteiger partial charge in [0.1, 0.15) is 0 Å². The van der Waals surface area contributed by atoms with E-state index in [4.69, 9.17) is 12.2 Å². The van der Waals surface area contributed by atoms with Crippen LogP contribution >= 0.6 is 24.0 Å². The van der Waals surface area contributed by atoms with Gasteiger partial charge in [-0.1, -0.05) is 23.9 Å². The lowest BCUT2D eigenvalue weighted by Gasteiger charge is -2.15. The first kappa shape index (κ1) is 20.1. The minimum absolute atomic E-state index is 0.0712. The molecule has 0 bridgehead atoms. The lowest BCUT2D eigenvalue weighted by atomic mass is 10.2. The molecule has 0 radical (unpaired) electrons. The molecule has 1 saturated heterocycles. The number of carbonyl (C=O) groups excluding carboxylic acids is 2. The van der Waals surface area contributed by atoms with Crippen molar-refractivity contribution in [2.45, 2.75) is 0 Å². The van der Waals surface area contributed by atoms with Crippen molar-refractivity contribution in [3.8, 4) is 0 Å². The van der Waals surface area contributed by atoms with E-state index in [9.17, 15) is 29.8 Å². The van der Waals surface area contributed by atoms with E-state index in [2.05, 4.69) is 5.43 Å². The minimum Gasteiger partial charge on any atom is -0.267 e. The third kappa shape index (κ3) is 4.44. The Morgan fingerprint density at radius 1 is 1.07 bits per heavy atom. The van der Waals surface area contributed by atoms with Crippen LogP contribution < -0.4 is 5.43 Å². The van der Waals surface area contributed by atoms with E-state index in [1.165, 1.54) is 48.5 Å². The zero-order valence-corrected chi connectivity index (χ0v) is 15.9. The quantitative estimate of drug-likeness (QED) is 0.331. The molecule has 2 aromatic carbocycles. The predicted octanol–water partition coefficient (Wildman–Crippen LogP) is 3.05. The summed E-state index contributed by atoms with van der Waals surface area (Å²) in [5.41, 5.74) is 2.59. The molecule has 1 N–H and O–H groups in total. The van der Waals surface area contributed by atoms with Crippen LogP contribution in [0.5, 0.6) is 0 Å². The predicted molar refractivity (Wildman–Crippen MR) is 109 cm³/mol. The maximum atomic E-state index is 12.6. The molecule has 0 saturated carbocycles. The van der Waals surface area contributed by atoms with E-state index in [1.54, 1.807) is 6.07 Å². The average Bonchev–Trinajstić information content (AvgIpc) is 2.95. The van der Waals surface area contributed by atoms with Crippen molar-refractivity contribution in [2.24, 2.45) is 0 Å². The Morgan fingerprint density at radius 2 is 1.72 bits per heavy atom. The summed E-state index contributed by atoms with van der Waals surface area (Å²) in [7, 11) is 0. The number of carbonyl (C=O) groups is 2. The fraction of sp³-hybridized carbons (Fsp3) is 0. The fourth-order valence-corrected chi connectivity index (χ4v) is 3.52. The Kier molecular flexibility index (Phi) is 5.66. The first-order valence-electron chi connectivity index (χ1n) is 7.84. The second-order valence-electron chi connectivity index (χ2n) is 5.61. The molecule has 1 aliphatic rings. The molecule has 3 rings (SSSR count). The van der Waals surface area contributed by atoms with Gasteiger partial charge in [-0.15, -0.1) is 0 Å². The van der Waals surface area contributed by atoms with Gasteiger partial charge in [-0.3, -0.25) is 35.2 Å². The molecular formula is C17H10N4O6S2. The van der Waals surface area contributed by atoms with Gasteiger partial charge in [0.15, 0.2) is 4.32 Å². The number of non-ortho nitro benzene ring substituents is 2. The fourth-order valence-electron chi connectivity index (χ4n) is 2.34. The molecule has 146 valence electrons. The highest BCUT2D eigenvalue weighted by Crippen LogP contribution is 2.32. The molecule has 0 aliphatic carbocycles.